The van der Waals surface area contributed by atoms with E-state index < -0.39 is 0 Å². The highest BCUT2D eigenvalue weighted by atomic mass is 127. The zero-order valence-electron chi connectivity index (χ0n) is 9.34. The molecule has 0 spiro atoms. The summed E-state index contributed by atoms with van der Waals surface area (Å²) in [4.78, 5) is 12.1. The topological polar surface area (TPSA) is 17.1 Å². The zero-order chi connectivity index (χ0) is 12.1. The number of benzene rings is 2. The van der Waals surface area contributed by atoms with E-state index in [4.69, 9.17) is 0 Å². The van der Waals surface area contributed by atoms with Crippen LogP contribution in [0.1, 0.15) is 17.0 Å². The molecule has 0 N–H and O–H groups in total. The summed E-state index contributed by atoms with van der Waals surface area (Å²) >= 11 is 2.13. The maximum atomic E-state index is 12.1. The lowest BCUT2D eigenvalue weighted by Gasteiger charge is -2.15. The van der Waals surface area contributed by atoms with Crippen molar-refractivity contribution in [2.24, 2.45) is 0 Å². The third-order valence-electron chi connectivity index (χ3n) is 2.72. The summed E-state index contributed by atoms with van der Waals surface area (Å²) in [6, 6.07) is 19.9. The van der Waals surface area contributed by atoms with Crippen LogP contribution in [0.5, 0.6) is 0 Å². The van der Waals surface area contributed by atoms with Gasteiger partial charge in [0.05, 0.1) is 10.3 Å². The Morgan fingerprint density at radius 2 is 1.29 bits per heavy atom. The van der Waals surface area contributed by atoms with Gasteiger partial charge in [0, 0.05) is 0 Å². The van der Waals surface area contributed by atoms with E-state index in [0.29, 0.717) is 4.43 Å². The highest BCUT2D eigenvalue weighted by Crippen LogP contribution is 2.25. The van der Waals surface area contributed by atoms with Gasteiger partial charge in [0.1, 0.15) is 0 Å². The number of Topliss-reactive ketones (excluding diaryl/α,β-unsaturated/α-hetero) is 1. The van der Waals surface area contributed by atoms with Gasteiger partial charge in [-0.1, -0.05) is 83.3 Å². The van der Waals surface area contributed by atoms with E-state index in [0.717, 1.165) is 11.1 Å². The van der Waals surface area contributed by atoms with Gasteiger partial charge >= 0.3 is 0 Å². The van der Waals surface area contributed by atoms with Crippen LogP contribution < -0.4 is 0 Å². The fourth-order valence-electron chi connectivity index (χ4n) is 1.93. The number of carbonyl (C=O) groups is 1. The van der Waals surface area contributed by atoms with Crippen LogP contribution in [0, 0.1) is 0 Å². The molecule has 2 aromatic carbocycles. The molecule has 2 heteroatoms. The molecule has 0 heterocycles. The Labute approximate surface area is 115 Å². The smallest absolute Gasteiger partial charge is 0.154 e. The molecule has 0 aliphatic heterocycles. The summed E-state index contributed by atoms with van der Waals surface area (Å²) in [7, 11) is 0. The number of carbonyl (C=O) groups excluding carboxylic acids is 1. The summed E-state index contributed by atoms with van der Waals surface area (Å²) in [5, 5.41) is 0. The molecule has 2 rings (SSSR count). The van der Waals surface area contributed by atoms with Gasteiger partial charge in [-0.15, -0.1) is 0 Å². The quantitative estimate of drug-likeness (QED) is 0.613. The van der Waals surface area contributed by atoms with E-state index in [2.05, 4.69) is 22.6 Å². The third kappa shape index (κ3) is 2.94. The van der Waals surface area contributed by atoms with Crippen molar-refractivity contribution in [3.63, 3.8) is 0 Å². The highest BCUT2D eigenvalue weighted by Gasteiger charge is 2.20. The predicted octanol–water partition coefficient (Wildman–Crippen LogP) is 3.82. The fourth-order valence-corrected chi connectivity index (χ4v) is 2.37. The monoisotopic (exact) mass is 336 g/mol. The largest absolute Gasteiger partial charge is 0.298 e. The maximum absolute atomic E-state index is 12.1. The van der Waals surface area contributed by atoms with Crippen LogP contribution in [0.3, 0.4) is 0 Å². The van der Waals surface area contributed by atoms with Crippen LogP contribution in [0.25, 0.3) is 0 Å². The van der Waals surface area contributed by atoms with Gasteiger partial charge in [-0.05, 0) is 11.1 Å². The minimum absolute atomic E-state index is 0.130. The van der Waals surface area contributed by atoms with Crippen LogP contribution in [-0.4, -0.2) is 10.2 Å². The van der Waals surface area contributed by atoms with Gasteiger partial charge in [-0.2, -0.15) is 0 Å². The molecule has 0 saturated carbocycles. The molecule has 17 heavy (non-hydrogen) atoms. The first-order valence-electron chi connectivity index (χ1n) is 5.51. The van der Waals surface area contributed by atoms with Crippen molar-refractivity contribution < 1.29 is 4.79 Å². The van der Waals surface area contributed by atoms with Gasteiger partial charge in [-0.3, -0.25) is 4.79 Å². The van der Waals surface area contributed by atoms with Crippen molar-refractivity contribution in [3.8, 4) is 0 Å². The maximum Gasteiger partial charge on any atom is 0.154 e. The van der Waals surface area contributed by atoms with Crippen LogP contribution in [0.4, 0.5) is 0 Å². The molecule has 0 radical (unpaired) electrons. The number of ketones is 1. The molecule has 0 fully saturated rings. The van der Waals surface area contributed by atoms with Crippen LogP contribution in [0.15, 0.2) is 60.7 Å². The van der Waals surface area contributed by atoms with Crippen LogP contribution in [0.2, 0.25) is 0 Å². The molecule has 0 bridgehead atoms. The molecular formula is C15H13IO. The van der Waals surface area contributed by atoms with Crippen LogP contribution in [-0.2, 0) is 4.79 Å². The molecule has 0 aromatic heterocycles. The summed E-state index contributed by atoms with van der Waals surface area (Å²) in [5.41, 5.74) is 2.14. The summed E-state index contributed by atoms with van der Waals surface area (Å²) in [5.74, 6) is 0.122. The Kier molecular flexibility index (Phi) is 4.31. The average Bonchev–Trinajstić information content (AvgIpc) is 2.41. The number of rotatable bonds is 4. The molecule has 2 aromatic rings. The molecule has 0 saturated heterocycles. The van der Waals surface area contributed by atoms with Gasteiger partial charge in [0.25, 0.3) is 0 Å². The first kappa shape index (κ1) is 12.3. The van der Waals surface area contributed by atoms with Crippen molar-refractivity contribution in [2.75, 3.05) is 4.43 Å². The van der Waals surface area contributed by atoms with Crippen molar-refractivity contribution in [3.05, 3.63) is 71.8 Å². The molecule has 0 amide bonds. The molecular weight excluding hydrogens is 323 g/mol. The van der Waals surface area contributed by atoms with Gasteiger partial charge in [0.15, 0.2) is 5.78 Å². The summed E-state index contributed by atoms with van der Waals surface area (Å²) in [6.07, 6.45) is 0. The molecule has 0 aliphatic carbocycles. The van der Waals surface area contributed by atoms with E-state index in [1.807, 2.05) is 60.7 Å². The number of hydrogen-bond donors (Lipinski definition) is 0. The van der Waals surface area contributed by atoms with Gasteiger partial charge < -0.3 is 0 Å². The highest BCUT2D eigenvalue weighted by molar-refractivity contribution is 14.1. The second kappa shape index (κ2) is 5.96. The molecule has 0 atom stereocenters. The van der Waals surface area contributed by atoms with Crippen molar-refractivity contribution in [1.29, 1.82) is 0 Å². The Hall–Kier alpha value is -1.16. The molecule has 0 unspecified atom stereocenters. The van der Waals surface area contributed by atoms with E-state index in [1.165, 1.54) is 0 Å². The first-order valence-corrected chi connectivity index (χ1v) is 7.04. The predicted molar refractivity (Wildman–Crippen MR) is 78.6 cm³/mol. The molecule has 0 aliphatic rings. The van der Waals surface area contributed by atoms with Gasteiger partial charge in [0.2, 0.25) is 0 Å². The lowest BCUT2D eigenvalue weighted by Crippen LogP contribution is -2.14. The number of hydrogen-bond acceptors (Lipinski definition) is 1. The second-order valence-corrected chi connectivity index (χ2v) is 4.62. The van der Waals surface area contributed by atoms with Crippen LogP contribution >= 0.6 is 22.6 Å². The normalized spacial score (nSPS) is 10.5. The van der Waals surface area contributed by atoms with E-state index >= 15 is 0 Å². The molecule has 86 valence electrons. The molecule has 1 nitrogen and oxygen atoms in total. The Balaban J connectivity index is 2.43. The second-order valence-electron chi connectivity index (χ2n) is 3.85. The lowest BCUT2D eigenvalue weighted by molar-refractivity contribution is -0.116. The minimum Gasteiger partial charge on any atom is -0.298 e. The van der Waals surface area contributed by atoms with Crippen molar-refractivity contribution >= 4 is 28.4 Å². The Bertz CT molecular complexity index is 439. The number of alkyl halides is 1. The fraction of sp³-hybridized carbons (Fsp3) is 0.133. The lowest BCUT2D eigenvalue weighted by atomic mass is 9.88. The van der Waals surface area contributed by atoms with E-state index in [-0.39, 0.29) is 11.7 Å². The van der Waals surface area contributed by atoms with Gasteiger partial charge in [-0.25, -0.2) is 0 Å². The minimum atomic E-state index is -0.130. The SMILES string of the molecule is O=C(CI)C(c1ccccc1)c1ccccc1. The summed E-state index contributed by atoms with van der Waals surface area (Å²) < 4.78 is 0.534. The first-order chi connectivity index (χ1) is 8.33. The number of halogens is 1. The Morgan fingerprint density at radius 3 is 1.65 bits per heavy atom. The van der Waals surface area contributed by atoms with Crippen molar-refractivity contribution in [1.82, 2.24) is 0 Å². The average molecular weight is 336 g/mol. The van der Waals surface area contributed by atoms with Crippen molar-refractivity contribution in [2.45, 2.75) is 5.92 Å². The summed E-state index contributed by atoms with van der Waals surface area (Å²) in [6.45, 7) is 0. The van der Waals surface area contributed by atoms with E-state index in [1.54, 1.807) is 0 Å². The standard InChI is InChI=1S/C15H13IO/c16-11-14(17)15(12-7-3-1-4-8-12)13-9-5-2-6-10-13/h1-10,15H,11H2. The zero-order valence-corrected chi connectivity index (χ0v) is 11.5. The third-order valence-corrected chi connectivity index (χ3v) is 3.47. The Morgan fingerprint density at radius 1 is 0.882 bits per heavy atom. The van der Waals surface area contributed by atoms with E-state index in [9.17, 15) is 4.79 Å².